The highest BCUT2D eigenvalue weighted by atomic mass is 16.8. The summed E-state index contributed by atoms with van der Waals surface area (Å²) in [7, 11) is 0. The molecular formula is C61H77N5O23. The molecule has 4 saturated heterocycles. The molecule has 484 valence electrons. The maximum Gasteiger partial charge on any atom is 0.409 e. The number of fused-ring (bicyclic) bond motifs is 1. The quantitative estimate of drug-likeness (QED) is 0.0167. The summed E-state index contributed by atoms with van der Waals surface area (Å²) in [4.78, 5) is 66.3. The number of aliphatic hydroxyl groups excluding tert-OH is 7. The van der Waals surface area contributed by atoms with Gasteiger partial charge < -0.3 is 109 Å². The van der Waals surface area contributed by atoms with Crippen LogP contribution in [0.3, 0.4) is 0 Å². The fourth-order valence-corrected chi connectivity index (χ4v) is 11.1. The average molecular weight is 1250 g/mol. The summed E-state index contributed by atoms with van der Waals surface area (Å²) in [5.41, 5.74) is 2.64. The smallest absolute Gasteiger partial charge is 0.409 e. The molecule has 0 aromatic heterocycles. The van der Waals surface area contributed by atoms with Gasteiger partial charge in [-0.1, -0.05) is 128 Å². The molecule has 12 N–H and O–H groups in total. The number of benzene rings is 4. The molecule has 5 aliphatic rings. The Morgan fingerprint density at radius 1 is 0.517 bits per heavy atom. The van der Waals surface area contributed by atoms with Crippen LogP contribution in [-0.4, -0.2) is 209 Å². The number of amides is 4. The molecule has 0 radical (unpaired) electrons. The van der Waals surface area contributed by atoms with Crippen LogP contribution in [0.2, 0.25) is 0 Å². The highest BCUT2D eigenvalue weighted by molar-refractivity contribution is 5.86. The van der Waals surface area contributed by atoms with Gasteiger partial charge in [0.05, 0.1) is 25.4 Å². The van der Waals surface area contributed by atoms with Crippen molar-refractivity contribution in [2.24, 2.45) is 11.8 Å². The van der Waals surface area contributed by atoms with Crippen LogP contribution in [0.25, 0.3) is 0 Å². The number of hydrogen-bond acceptors (Lipinski definition) is 24. The molecule has 89 heavy (non-hydrogen) atoms. The standard InChI is InChI=1S/C61H77N5O23/c1-33-24-38(25-39(69)54(74)66-61(78)82-32-37-20-12-5-13-21-37)45(70)53(49(33)87-56-44(52-51(86-52)41(84-56)26-62-22-23-67)65-60(77)81-31-36-18-10-4-11-19-36)89-57-48(73)50(42(28-68)85-57)88-55-43(64-59(76)80-30-35-16-8-3-9-17-35)47(72)46(71)40(83-55)27-63-58(75)79-29-34-14-6-2-7-15-34/h2-21,33,38,40-57,62,67-68,70-74H,22-32H2,1H3,(H,63,75)(H,64,76)(H,65,77)(H,66,78)/t33-,38-,40-,41+,42+,43+,44+,45-,46+,47+,48+,49+,50+,51-,52+,53+,54+,55+,56+,57-/m0/s1. The minimum absolute atomic E-state index is 0.00575. The summed E-state index contributed by atoms with van der Waals surface area (Å²) in [5.74, 6) is -2.69. The van der Waals surface area contributed by atoms with E-state index >= 15 is 0 Å². The minimum Gasteiger partial charge on any atom is -0.445 e. The first-order chi connectivity index (χ1) is 43.1. The summed E-state index contributed by atoms with van der Waals surface area (Å²) in [5, 5.41) is 92.1. The van der Waals surface area contributed by atoms with E-state index in [1.54, 1.807) is 122 Å². The van der Waals surface area contributed by atoms with Crippen molar-refractivity contribution in [1.82, 2.24) is 26.6 Å². The Hall–Kier alpha value is -6.97. The van der Waals surface area contributed by atoms with Gasteiger partial charge in [-0.3, -0.25) is 10.1 Å². The second kappa shape index (κ2) is 32.2. The van der Waals surface area contributed by atoms with Crippen LogP contribution in [0, 0.1) is 11.8 Å². The molecule has 0 unspecified atom stereocenters. The van der Waals surface area contributed by atoms with Crippen molar-refractivity contribution in [2.45, 2.75) is 157 Å². The second-order valence-corrected chi connectivity index (χ2v) is 22.2. The number of hydrogen-bond donors (Lipinski definition) is 12. The van der Waals surface area contributed by atoms with Gasteiger partial charge >= 0.3 is 24.4 Å². The number of aliphatic hydroxyl groups is 7. The lowest BCUT2D eigenvalue weighted by Crippen LogP contribution is -2.66. The van der Waals surface area contributed by atoms with E-state index in [0.717, 1.165) is 0 Å². The number of Topliss-reactive ketones (excluding diaryl/α,β-unsaturated/α-hetero) is 1. The van der Waals surface area contributed by atoms with Gasteiger partial charge in [-0.25, -0.2) is 19.2 Å². The number of nitrogens with one attached hydrogen (secondary N) is 5. The number of ketones is 1. The molecule has 9 rings (SSSR count). The van der Waals surface area contributed by atoms with E-state index in [9.17, 15) is 59.7 Å². The summed E-state index contributed by atoms with van der Waals surface area (Å²) in [6, 6.07) is 32.3. The molecule has 28 nitrogen and oxygen atoms in total. The van der Waals surface area contributed by atoms with Gasteiger partial charge in [0.15, 0.2) is 30.9 Å². The van der Waals surface area contributed by atoms with Crippen molar-refractivity contribution in [3.8, 4) is 0 Å². The van der Waals surface area contributed by atoms with Crippen LogP contribution in [0.15, 0.2) is 121 Å². The van der Waals surface area contributed by atoms with E-state index in [1.165, 1.54) is 0 Å². The number of alkyl carbamates (subject to hydrolysis) is 4. The highest BCUT2D eigenvalue weighted by Crippen LogP contribution is 2.43. The van der Waals surface area contributed by atoms with Crippen LogP contribution in [0.1, 0.15) is 42.0 Å². The number of carbonyl (C=O) groups excluding carboxylic acids is 5. The Morgan fingerprint density at radius 2 is 1.00 bits per heavy atom. The molecule has 1 aliphatic carbocycles. The third-order valence-corrected chi connectivity index (χ3v) is 15.8. The van der Waals surface area contributed by atoms with Gasteiger partial charge in [-0.05, 0) is 40.5 Å². The van der Waals surface area contributed by atoms with Crippen molar-refractivity contribution in [2.75, 3.05) is 32.8 Å². The Labute approximate surface area is 511 Å². The van der Waals surface area contributed by atoms with Crippen molar-refractivity contribution in [3.63, 3.8) is 0 Å². The average Bonchev–Trinajstić information content (AvgIpc) is 1.80. The molecule has 0 bridgehead atoms. The minimum atomic E-state index is -2.08. The molecule has 4 amide bonds. The van der Waals surface area contributed by atoms with Crippen LogP contribution in [0.5, 0.6) is 0 Å². The number of epoxide rings is 1. The van der Waals surface area contributed by atoms with Gasteiger partial charge in [0, 0.05) is 26.1 Å². The fraction of sp³-hybridized carbons (Fsp3) is 0.525. The van der Waals surface area contributed by atoms with Crippen LogP contribution in [0.4, 0.5) is 19.2 Å². The third kappa shape index (κ3) is 18.1. The Bertz CT molecular complexity index is 2880. The SMILES string of the molecule is C[C@H]1C[C@@H](CC(=O)[C@@H](O)NC(=O)OCc2ccccc2)[C@H](O)[C@@H](O[C@@H]2O[C@H](CO)[C@@H](O[C@H]3O[C@@H](CNC(=O)OCc4ccccc4)[C@@H](O)[C@H](O)[C@H]3NC(=O)OCc3ccccc3)[C@H]2O)[C@@H]1O[C@H]1O[C@H](CNCCO)[C@@H]2O[C@@H]2[C@H]1NC(=O)OCc1ccccc1. The fourth-order valence-electron chi connectivity index (χ4n) is 11.1. The molecular weight excluding hydrogens is 1170 g/mol. The van der Waals surface area contributed by atoms with Crippen LogP contribution in [-0.2, 0) is 83.3 Å². The first-order valence-corrected chi connectivity index (χ1v) is 29.4. The third-order valence-electron chi connectivity index (χ3n) is 15.8. The van der Waals surface area contributed by atoms with Gasteiger partial charge in [-0.2, -0.15) is 0 Å². The van der Waals surface area contributed by atoms with Crippen LogP contribution < -0.4 is 26.6 Å². The van der Waals surface area contributed by atoms with E-state index in [2.05, 4.69) is 26.6 Å². The zero-order chi connectivity index (χ0) is 63.0. The summed E-state index contributed by atoms with van der Waals surface area (Å²) in [6.07, 6.45) is -28.4. The monoisotopic (exact) mass is 1250 g/mol. The van der Waals surface area contributed by atoms with Gasteiger partial charge in [-0.15, -0.1) is 0 Å². The largest absolute Gasteiger partial charge is 0.445 e. The molecule has 4 aliphatic heterocycles. The number of ether oxygens (including phenoxy) is 11. The van der Waals surface area contributed by atoms with Crippen molar-refractivity contribution in [3.05, 3.63) is 144 Å². The molecule has 4 aromatic rings. The summed E-state index contributed by atoms with van der Waals surface area (Å²) in [6.45, 7) is -0.0165. The lowest BCUT2D eigenvalue weighted by atomic mass is 9.74. The van der Waals surface area contributed by atoms with Gasteiger partial charge in [0.25, 0.3) is 0 Å². The normalized spacial score (nSPS) is 31.6. The predicted octanol–water partition coefficient (Wildman–Crippen LogP) is 0.478. The Kier molecular flexibility index (Phi) is 24.0. The van der Waals surface area contributed by atoms with E-state index in [4.69, 9.17) is 52.1 Å². The molecule has 20 atom stereocenters. The molecule has 4 aromatic carbocycles. The maximum absolute atomic E-state index is 13.8. The van der Waals surface area contributed by atoms with E-state index in [0.29, 0.717) is 22.3 Å². The van der Waals surface area contributed by atoms with E-state index < -0.39 is 172 Å². The van der Waals surface area contributed by atoms with Crippen molar-refractivity contribution >= 4 is 30.2 Å². The maximum atomic E-state index is 13.8. The first-order valence-electron chi connectivity index (χ1n) is 29.4. The number of rotatable bonds is 27. The van der Waals surface area contributed by atoms with Crippen LogP contribution >= 0.6 is 0 Å². The molecule has 1 saturated carbocycles. The molecule has 5 fully saturated rings. The Balaban J connectivity index is 0.947. The van der Waals surface area contributed by atoms with Gasteiger partial charge in [0.1, 0.15) is 99.6 Å². The number of carbonyl (C=O) groups is 5. The molecule has 28 heteroatoms. The summed E-state index contributed by atoms with van der Waals surface area (Å²) >= 11 is 0. The zero-order valence-electron chi connectivity index (χ0n) is 48.5. The molecule has 0 spiro atoms. The van der Waals surface area contributed by atoms with Gasteiger partial charge in [0.2, 0.25) is 0 Å². The first kappa shape index (κ1) is 66.4. The zero-order valence-corrected chi connectivity index (χ0v) is 48.5. The van der Waals surface area contributed by atoms with E-state index in [1.807, 2.05) is 6.07 Å². The lowest BCUT2D eigenvalue weighted by molar-refractivity contribution is -0.297. The lowest BCUT2D eigenvalue weighted by Gasteiger charge is -2.46. The molecule has 4 heterocycles. The predicted molar refractivity (Wildman–Crippen MR) is 305 cm³/mol. The van der Waals surface area contributed by atoms with E-state index in [-0.39, 0.29) is 52.5 Å². The van der Waals surface area contributed by atoms with Crippen molar-refractivity contribution < 1.29 is 112 Å². The highest BCUT2D eigenvalue weighted by Gasteiger charge is 2.61. The topological polar surface area (TPSA) is 392 Å². The second-order valence-electron chi connectivity index (χ2n) is 22.2. The Morgan fingerprint density at radius 3 is 1.55 bits per heavy atom. The van der Waals surface area contributed by atoms with Crippen molar-refractivity contribution in [1.29, 1.82) is 0 Å². The summed E-state index contributed by atoms with van der Waals surface area (Å²) < 4.78 is 65.9.